The zero-order valence-corrected chi connectivity index (χ0v) is 14.2. The Kier molecular flexibility index (Phi) is 5.51. The van der Waals surface area contributed by atoms with Crippen LogP contribution in [0, 0.1) is 5.82 Å². The molecule has 1 saturated heterocycles. The van der Waals surface area contributed by atoms with Crippen molar-refractivity contribution in [2.24, 2.45) is 0 Å². The van der Waals surface area contributed by atoms with Crippen LogP contribution in [0.15, 0.2) is 48.5 Å². The first-order chi connectivity index (χ1) is 12.5. The Morgan fingerprint density at radius 1 is 1.08 bits per heavy atom. The Hall–Kier alpha value is -2.89. The van der Waals surface area contributed by atoms with E-state index in [-0.39, 0.29) is 29.8 Å². The third-order valence-electron chi connectivity index (χ3n) is 4.50. The van der Waals surface area contributed by atoms with Gasteiger partial charge in [0.2, 0.25) is 5.91 Å². The summed E-state index contributed by atoms with van der Waals surface area (Å²) in [5.74, 6) is -0.801. The molecule has 6 heteroatoms. The molecule has 26 heavy (non-hydrogen) atoms. The van der Waals surface area contributed by atoms with Crippen molar-refractivity contribution in [3.63, 3.8) is 0 Å². The van der Waals surface area contributed by atoms with Gasteiger partial charge in [0.15, 0.2) is 0 Å². The number of piperidine rings is 1. The highest BCUT2D eigenvalue weighted by molar-refractivity contribution is 5.91. The number of amides is 1. The Balaban J connectivity index is 1.54. The summed E-state index contributed by atoms with van der Waals surface area (Å²) in [5.41, 5.74) is 0.685. The van der Waals surface area contributed by atoms with E-state index in [0.717, 1.165) is 0 Å². The molecule has 0 spiro atoms. The highest BCUT2D eigenvalue weighted by atomic mass is 19.1. The van der Waals surface area contributed by atoms with Crippen LogP contribution in [0.4, 0.5) is 4.39 Å². The summed E-state index contributed by atoms with van der Waals surface area (Å²) >= 11 is 0. The fourth-order valence-electron chi connectivity index (χ4n) is 3.09. The maximum Gasteiger partial charge on any atom is 0.335 e. The number of benzene rings is 2. The third-order valence-corrected chi connectivity index (χ3v) is 4.50. The second kappa shape index (κ2) is 7.99. The minimum Gasteiger partial charge on any atom is -0.490 e. The summed E-state index contributed by atoms with van der Waals surface area (Å²) in [6.45, 7) is 1.11. The van der Waals surface area contributed by atoms with Crippen LogP contribution in [0.3, 0.4) is 0 Å². The van der Waals surface area contributed by atoms with Crippen molar-refractivity contribution >= 4 is 11.9 Å². The van der Waals surface area contributed by atoms with E-state index >= 15 is 0 Å². The molecule has 2 aromatic rings. The van der Waals surface area contributed by atoms with Crippen molar-refractivity contribution in [1.82, 2.24) is 4.90 Å². The largest absolute Gasteiger partial charge is 0.490 e. The van der Waals surface area contributed by atoms with Gasteiger partial charge in [-0.05, 0) is 35.9 Å². The van der Waals surface area contributed by atoms with Gasteiger partial charge in [-0.1, -0.05) is 18.2 Å². The molecule has 0 unspecified atom stereocenters. The van der Waals surface area contributed by atoms with Gasteiger partial charge in [0.25, 0.3) is 0 Å². The fourth-order valence-corrected chi connectivity index (χ4v) is 3.09. The normalized spacial score (nSPS) is 14.9. The smallest absolute Gasteiger partial charge is 0.335 e. The van der Waals surface area contributed by atoms with Crippen molar-refractivity contribution in [1.29, 1.82) is 0 Å². The number of rotatable bonds is 5. The van der Waals surface area contributed by atoms with Gasteiger partial charge in [-0.15, -0.1) is 0 Å². The predicted octanol–water partition coefficient (Wildman–Crippen LogP) is 3.14. The molecule has 3 rings (SSSR count). The van der Waals surface area contributed by atoms with Gasteiger partial charge < -0.3 is 14.7 Å². The van der Waals surface area contributed by atoms with Crippen molar-refractivity contribution in [3.8, 4) is 5.75 Å². The van der Waals surface area contributed by atoms with E-state index in [1.807, 2.05) is 0 Å². The molecule has 0 bridgehead atoms. The number of ether oxygens (including phenoxy) is 1. The maximum atomic E-state index is 12.9. The quantitative estimate of drug-likeness (QED) is 0.893. The molecule has 1 aliphatic rings. The molecule has 1 N–H and O–H groups in total. The van der Waals surface area contributed by atoms with Gasteiger partial charge in [-0.3, -0.25) is 4.79 Å². The molecule has 2 aromatic carbocycles. The molecule has 0 radical (unpaired) electrons. The number of hydrogen-bond acceptors (Lipinski definition) is 3. The van der Waals surface area contributed by atoms with E-state index in [0.29, 0.717) is 37.2 Å². The number of likely N-dealkylation sites (tertiary alicyclic amines) is 1. The highest BCUT2D eigenvalue weighted by Crippen LogP contribution is 2.20. The summed E-state index contributed by atoms with van der Waals surface area (Å²) in [6.07, 6.45) is 1.43. The lowest BCUT2D eigenvalue weighted by molar-refractivity contribution is -0.132. The first kappa shape index (κ1) is 17.9. The van der Waals surface area contributed by atoms with E-state index in [2.05, 4.69) is 0 Å². The number of aromatic carboxylic acids is 1. The summed E-state index contributed by atoms with van der Waals surface area (Å²) in [6, 6.07) is 12.5. The Morgan fingerprint density at radius 2 is 1.73 bits per heavy atom. The van der Waals surface area contributed by atoms with E-state index in [1.165, 1.54) is 18.2 Å². The summed E-state index contributed by atoms with van der Waals surface area (Å²) < 4.78 is 18.8. The Labute approximate surface area is 151 Å². The van der Waals surface area contributed by atoms with E-state index in [1.54, 1.807) is 35.2 Å². The SMILES string of the molecule is O=C(O)c1ccccc1CC(=O)N1CCC(Oc2ccc(F)cc2)CC1. The molecule has 136 valence electrons. The second-order valence-electron chi connectivity index (χ2n) is 6.29. The monoisotopic (exact) mass is 357 g/mol. The standard InChI is InChI=1S/C20H20FNO4/c21-15-5-7-16(8-6-15)26-17-9-11-22(12-10-17)19(23)13-14-3-1-2-4-18(14)20(24)25/h1-8,17H,9-13H2,(H,24,25). The van der Waals surface area contributed by atoms with E-state index < -0.39 is 5.97 Å². The van der Waals surface area contributed by atoms with E-state index in [9.17, 15) is 19.1 Å². The van der Waals surface area contributed by atoms with Gasteiger partial charge in [-0.25, -0.2) is 9.18 Å². The minimum atomic E-state index is -1.03. The number of carbonyl (C=O) groups excluding carboxylic acids is 1. The average molecular weight is 357 g/mol. The predicted molar refractivity (Wildman–Crippen MR) is 93.7 cm³/mol. The van der Waals surface area contributed by atoms with Crippen LogP contribution in [0.5, 0.6) is 5.75 Å². The number of carboxylic acids is 1. The molecule has 0 atom stereocenters. The summed E-state index contributed by atoms with van der Waals surface area (Å²) in [4.78, 5) is 25.5. The lowest BCUT2D eigenvalue weighted by atomic mass is 10.0. The molecule has 1 aliphatic heterocycles. The Bertz CT molecular complexity index is 783. The van der Waals surface area contributed by atoms with Crippen LogP contribution in [-0.2, 0) is 11.2 Å². The first-order valence-corrected chi connectivity index (χ1v) is 8.54. The summed E-state index contributed by atoms with van der Waals surface area (Å²) in [5, 5.41) is 9.22. The number of halogens is 1. The van der Waals surface area contributed by atoms with Crippen LogP contribution in [-0.4, -0.2) is 41.1 Å². The van der Waals surface area contributed by atoms with Crippen molar-refractivity contribution < 1.29 is 23.8 Å². The maximum absolute atomic E-state index is 12.9. The topological polar surface area (TPSA) is 66.8 Å². The van der Waals surface area contributed by atoms with Gasteiger partial charge in [0, 0.05) is 25.9 Å². The number of carbonyl (C=O) groups is 2. The van der Waals surface area contributed by atoms with Crippen LogP contribution < -0.4 is 4.74 Å². The van der Waals surface area contributed by atoms with Gasteiger partial charge >= 0.3 is 5.97 Å². The van der Waals surface area contributed by atoms with Crippen molar-refractivity contribution in [2.75, 3.05) is 13.1 Å². The van der Waals surface area contributed by atoms with Gasteiger partial charge in [0.05, 0.1) is 12.0 Å². The molecular formula is C20H20FNO4. The molecule has 1 amide bonds. The van der Waals surface area contributed by atoms with Crippen LogP contribution in [0.1, 0.15) is 28.8 Å². The van der Waals surface area contributed by atoms with Gasteiger partial charge in [0.1, 0.15) is 17.7 Å². The molecule has 0 saturated carbocycles. The lowest BCUT2D eigenvalue weighted by Crippen LogP contribution is -2.42. The lowest BCUT2D eigenvalue weighted by Gasteiger charge is -2.32. The molecule has 0 aliphatic carbocycles. The molecule has 0 aromatic heterocycles. The molecule has 1 fully saturated rings. The summed E-state index contributed by atoms with van der Waals surface area (Å²) in [7, 11) is 0. The fraction of sp³-hybridized carbons (Fsp3) is 0.300. The first-order valence-electron chi connectivity index (χ1n) is 8.54. The molecular weight excluding hydrogens is 337 g/mol. The highest BCUT2D eigenvalue weighted by Gasteiger charge is 2.25. The zero-order valence-electron chi connectivity index (χ0n) is 14.2. The van der Waals surface area contributed by atoms with Gasteiger partial charge in [-0.2, -0.15) is 0 Å². The average Bonchev–Trinajstić information content (AvgIpc) is 2.64. The van der Waals surface area contributed by atoms with Crippen LogP contribution in [0.25, 0.3) is 0 Å². The van der Waals surface area contributed by atoms with Crippen molar-refractivity contribution in [2.45, 2.75) is 25.4 Å². The van der Waals surface area contributed by atoms with E-state index in [4.69, 9.17) is 4.74 Å². The third kappa shape index (κ3) is 4.39. The second-order valence-corrected chi connectivity index (χ2v) is 6.29. The minimum absolute atomic E-state index is 0.0178. The Morgan fingerprint density at radius 3 is 2.38 bits per heavy atom. The molecule has 1 heterocycles. The molecule has 5 nitrogen and oxygen atoms in total. The van der Waals surface area contributed by atoms with Crippen LogP contribution in [0.2, 0.25) is 0 Å². The zero-order chi connectivity index (χ0) is 18.5. The number of hydrogen-bond donors (Lipinski definition) is 1. The van der Waals surface area contributed by atoms with Crippen LogP contribution >= 0.6 is 0 Å². The number of nitrogens with zero attached hydrogens (tertiary/aromatic N) is 1. The number of carboxylic acid groups (broad SMARTS) is 1. The van der Waals surface area contributed by atoms with Crippen molar-refractivity contribution in [3.05, 3.63) is 65.5 Å².